The normalized spacial score (nSPS) is 11.2. The summed E-state index contributed by atoms with van der Waals surface area (Å²) in [5.41, 5.74) is -0.894. The van der Waals surface area contributed by atoms with Gasteiger partial charge in [-0.25, -0.2) is 0 Å². The Hall–Kier alpha value is -2.03. The van der Waals surface area contributed by atoms with E-state index in [1.165, 1.54) is 0 Å². The van der Waals surface area contributed by atoms with E-state index in [1.807, 2.05) is 0 Å². The molecule has 100 valence electrons. The molecular weight excluding hydrogens is 259 g/mol. The summed E-state index contributed by atoms with van der Waals surface area (Å²) in [5.74, 6) is -1.10. The van der Waals surface area contributed by atoms with Crippen LogP contribution >= 0.6 is 0 Å². The van der Waals surface area contributed by atoms with Crippen LogP contribution in [0.25, 0.3) is 0 Å². The summed E-state index contributed by atoms with van der Waals surface area (Å²) >= 11 is 0. The first-order valence-corrected chi connectivity index (χ1v) is 4.50. The lowest BCUT2D eigenvalue weighted by atomic mass is 10.1. The Bertz CT molecular complexity index is 460. The van der Waals surface area contributed by atoms with Crippen LogP contribution in [0.4, 0.5) is 18.9 Å². The number of hydrogen-bond donors (Lipinski definition) is 1. The van der Waals surface area contributed by atoms with Crippen LogP contribution < -0.4 is 9.47 Å². The fourth-order valence-electron chi connectivity index (χ4n) is 1.33. The van der Waals surface area contributed by atoms with Crippen LogP contribution in [0.15, 0.2) is 12.1 Å². The Morgan fingerprint density at radius 3 is 2.44 bits per heavy atom. The van der Waals surface area contributed by atoms with Crippen LogP contribution in [0, 0.1) is 10.1 Å². The molecule has 0 saturated carbocycles. The lowest BCUT2D eigenvalue weighted by Crippen LogP contribution is -2.17. The molecule has 0 radical (unpaired) electrons. The van der Waals surface area contributed by atoms with Crippen LogP contribution in [0.1, 0.15) is 5.56 Å². The topological polar surface area (TPSA) is 81.8 Å². The molecule has 0 aliphatic heterocycles. The quantitative estimate of drug-likeness (QED) is 0.666. The zero-order valence-corrected chi connectivity index (χ0v) is 9.02. The zero-order chi connectivity index (χ0) is 13.9. The molecule has 1 N–H and O–H groups in total. The Morgan fingerprint density at radius 1 is 1.44 bits per heavy atom. The Kier molecular flexibility index (Phi) is 3.96. The summed E-state index contributed by atoms with van der Waals surface area (Å²) in [7, 11) is 1.10. The van der Waals surface area contributed by atoms with Crippen LogP contribution in [0.2, 0.25) is 0 Å². The molecule has 0 heterocycles. The van der Waals surface area contributed by atoms with E-state index in [9.17, 15) is 23.3 Å². The molecule has 0 atom stereocenters. The smallest absolute Gasteiger partial charge is 0.490 e. The highest BCUT2D eigenvalue weighted by Gasteiger charge is 2.33. The van der Waals surface area contributed by atoms with E-state index < -0.39 is 29.3 Å². The first kappa shape index (κ1) is 14.0. The second kappa shape index (κ2) is 5.08. The van der Waals surface area contributed by atoms with Crippen LogP contribution in [0.5, 0.6) is 11.5 Å². The standard InChI is InChI=1S/C9H8F3NO5/c1-17-8-5(4-14)2-6(18-9(10,11)12)3-7(8)13(15)16/h2-3,14H,4H2,1H3. The van der Waals surface area contributed by atoms with Crippen LogP contribution in [0.3, 0.4) is 0 Å². The van der Waals surface area contributed by atoms with Gasteiger partial charge in [-0.1, -0.05) is 0 Å². The van der Waals surface area contributed by atoms with E-state index in [0.29, 0.717) is 6.07 Å². The molecule has 0 aromatic heterocycles. The molecule has 9 heteroatoms. The molecule has 1 rings (SSSR count). The average molecular weight is 267 g/mol. The first-order valence-electron chi connectivity index (χ1n) is 4.50. The number of nitro benzene ring substituents is 1. The number of hydrogen-bond acceptors (Lipinski definition) is 5. The highest BCUT2D eigenvalue weighted by atomic mass is 19.4. The second-order valence-electron chi connectivity index (χ2n) is 3.10. The predicted molar refractivity (Wildman–Crippen MR) is 52.3 cm³/mol. The van der Waals surface area contributed by atoms with Crippen molar-refractivity contribution in [3.05, 3.63) is 27.8 Å². The maximum atomic E-state index is 12.0. The number of rotatable bonds is 4. The van der Waals surface area contributed by atoms with E-state index in [-0.39, 0.29) is 11.3 Å². The Morgan fingerprint density at radius 2 is 2.06 bits per heavy atom. The van der Waals surface area contributed by atoms with Crippen LogP contribution in [-0.4, -0.2) is 23.5 Å². The Balaban J connectivity index is 3.32. The van der Waals surface area contributed by atoms with Gasteiger partial charge >= 0.3 is 12.0 Å². The predicted octanol–water partition coefficient (Wildman–Crippen LogP) is 1.99. The van der Waals surface area contributed by atoms with Crippen LogP contribution in [-0.2, 0) is 6.61 Å². The molecule has 0 aliphatic rings. The van der Waals surface area contributed by atoms with Gasteiger partial charge in [0.1, 0.15) is 5.75 Å². The van der Waals surface area contributed by atoms with Crippen molar-refractivity contribution in [1.82, 2.24) is 0 Å². The summed E-state index contributed by atoms with van der Waals surface area (Å²) in [6.45, 7) is -0.723. The Labute approximate surface area is 98.7 Å². The van der Waals surface area contributed by atoms with Crippen molar-refractivity contribution >= 4 is 5.69 Å². The van der Waals surface area contributed by atoms with Gasteiger partial charge in [0.25, 0.3) is 0 Å². The highest BCUT2D eigenvalue weighted by molar-refractivity contribution is 5.56. The van der Waals surface area contributed by atoms with Gasteiger partial charge in [0.05, 0.1) is 24.7 Å². The number of alkyl halides is 3. The van der Waals surface area contributed by atoms with Gasteiger partial charge < -0.3 is 14.6 Å². The van der Waals surface area contributed by atoms with Gasteiger partial charge in [-0.05, 0) is 6.07 Å². The van der Waals surface area contributed by atoms with Gasteiger partial charge in [0.15, 0.2) is 0 Å². The number of aliphatic hydroxyl groups excluding tert-OH is 1. The first-order chi connectivity index (χ1) is 8.28. The molecular formula is C9H8F3NO5. The fraction of sp³-hybridized carbons (Fsp3) is 0.333. The van der Waals surface area contributed by atoms with Gasteiger partial charge in [0, 0.05) is 5.56 Å². The van der Waals surface area contributed by atoms with Crippen molar-refractivity contribution in [2.24, 2.45) is 0 Å². The molecule has 18 heavy (non-hydrogen) atoms. The van der Waals surface area contributed by atoms with E-state index in [1.54, 1.807) is 0 Å². The van der Waals surface area contributed by atoms with Crippen molar-refractivity contribution in [3.63, 3.8) is 0 Å². The molecule has 0 spiro atoms. The van der Waals surface area contributed by atoms with Crippen molar-refractivity contribution in [2.75, 3.05) is 7.11 Å². The van der Waals surface area contributed by atoms with Crippen molar-refractivity contribution in [1.29, 1.82) is 0 Å². The molecule has 0 saturated heterocycles. The summed E-state index contributed by atoms with van der Waals surface area (Å²) in [6.07, 6.45) is -4.98. The number of methoxy groups -OCH3 is 1. The minimum Gasteiger partial charge on any atom is -0.490 e. The third kappa shape index (κ3) is 3.23. The lowest BCUT2D eigenvalue weighted by Gasteiger charge is -2.12. The third-order valence-electron chi connectivity index (χ3n) is 1.92. The molecule has 1 aromatic carbocycles. The SMILES string of the molecule is COc1c(CO)cc(OC(F)(F)F)cc1[N+](=O)[O-]. The number of nitro groups is 1. The molecule has 0 bridgehead atoms. The van der Waals surface area contributed by atoms with E-state index in [2.05, 4.69) is 9.47 Å². The van der Waals surface area contributed by atoms with Gasteiger partial charge in [-0.15, -0.1) is 13.2 Å². The maximum absolute atomic E-state index is 12.0. The maximum Gasteiger partial charge on any atom is 0.573 e. The summed E-state index contributed by atoms with van der Waals surface area (Å²) in [5, 5.41) is 19.6. The fourth-order valence-corrected chi connectivity index (χ4v) is 1.33. The van der Waals surface area contributed by atoms with Crippen molar-refractivity contribution in [2.45, 2.75) is 13.0 Å². The lowest BCUT2D eigenvalue weighted by molar-refractivity contribution is -0.386. The molecule has 1 aromatic rings. The minimum atomic E-state index is -4.98. The number of halogens is 3. The zero-order valence-electron chi connectivity index (χ0n) is 9.02. The average Bonchev–Trinajstić information content (AvgIpc) is 2.25. The second-order valence-corrected chi connectivity index (χ2v) is 3.10. The van der Waals surface area contributed by atoms with Gasteiger partial charge in [0.2, 0.25) is 5.75 Å². The number of ether oxygens (including phenoxy) is 2. The number of benzene rings is 1. The highest BCUT2D eigenvalue weighted by Crippen LogP contribution is 2.37. The largest absolute Gasteiger partial charge is 0.573 e. The molecule has 0 aliphatic carbocycles. The van der Waals surface area contributed by atoms with Gasteiger partial charge in [-0.3, -0.25) is 10.1 Å². The molecule has 6 nitrogen and oxygen atoms in total. The number of aliphatic hydroxyl groups is 1. The third-order valence-corrected chi connectivity index (χ3v) is 1.92. The van der Waals surface area contributed by atoms with E-state index in [0.717, 1.165) is 13.2 Å². The van der Waals surface area contributed by atoms with E-state index in [4.69, 9.17) is 5.11 Å². The summed E-state index contributed by atoms with van der Waals surface area (Å²) in [6, 6.07) is 1.39. The number of nitrogens with zero attached hydrogens (tertiary/aromatic N) is 1. The minimum absolute atomic E-state index is 0.175. The van der Waals surface area contributed by atoms with Gasteiger partial charge in [-0.2, -0.15) is 0 Å². The molecule has 0 fully saturated rings. The summed E-state index contributed by atoms with van der Waals surface area (Å²) < 4.78 is 44.3. The summed E-state index contributed by atoms with van der Waals surface area (Å²) in [4.78, 5) is 9.74. The molecule has 0 unspecified atom stereocenters. The van der Waals surface area contributed by atoms with E-state index >= 15 is 0 Å². The van der Waals surface area contributed by atoms with Crippen molar-refractivity contribution in [3.8, 4) is 11.5 Å². The monoisotopic (exact) mass is 267 g/mol. The van der Waals surface area contributed by atoms with Crippen molar-refractivity contribution < 1.29 is 32.7 Å². The molecule has 0 amide bonds.